The second kappa shape index (κ2) is 16.9. The molecule has 8 aromatic carbocycles. The predicted octanol–water partition coefficient (Wildman–Crippen LogP) is 14.1. The molecular weight excluding hydrogens is 703 g/mol. The Kier molecular flexibility index (Phi) is 10.8. The van der Waals surface area contributed by atoms with Crippen molar-refractivity contribution < 1.29 is 0 Å². The summed E-state index contributed by atoms with van der Waals surface area (Å²) in [4.78, 5) is 10.3. The summed E-state index contributed by atoms with van der Waals surface area (Å²) >= 11 is 0. The van der Waals surface area contributed by atoms with Crippen molar-refractivity contribution in [1.29, 1.82) is 0 Å². The van der Waals surface area contributed by atoms with Crippen LogP contribution in [0.3, 0.4) is 0 Å². The van der Waals surface area contributed by atoms with E-state index in [1.807, 2.05) is 12.1 Å². The molecule has 0 unspecified atom stereocenters. The third-order valence-electron chi connectivity index (χ3n) is 11.3. The summed E-state index contributed by atoms with van der Waals surface area (Å²) < 4.78 is 2.49. The van der Waals surface area contributed by atoms with Crippen molar-refractivity contribution in [3.8, 4) is 11.4 Å². The summed E-state index contributed by atoms with van der Waals surface area (Å²) in [6.07, 6.45) is 7.36. The highest BCUT2D eigenvalue weighted by Crippen LogP contribution is 2.44. The van der Waals surface area contributed by atoms with Crippen LogP contribution < -0.4 is 15.3 Å². The smallest absolute Gasteiger partial charge is 0.141 e. The van der Waals surface area contributed by atoms with Gasteiger partial charge in [-0.1, -0.05) is 154 Å². The van der Waals surface area contributed by atoms with E-state index in [4.69, 9.17) is 12.8 Å². The van der Waals surface area contributed by atoms with Crippen LogP contribution in [0, 0.1) is 0 Å². The summed E-state index contributed by atoms with van der Waals surface area (Å²) in [6.45, 7) is 3.17. The van der Waals surface area contributed by atoms with Crippen molar-refractivity contribution in [2.24, 2.45) is 0 Å². The first kappa shape index (κ1) is 37.0. The first-order valence-corrected chi connectivity index (χ1v) is 20.7. The number of anilines is 6. The van der Waals surface area contributed by atoms with Crippen LogP contribution in [0.5, 0.6) is 0 Å². The summed E-state index contributed by atoms with van der Waals surface area (Å²) in [5.74, 6) is 0.982. The molecular formula is C53H47BN4. The average molecular weight is 751 g/mol. The van der Waals surface area contributed by atoms with E-state index in [0.29, 0.717) is 0 Å². The number of rotatable bonds is 14. The molecule has 9 rings (SSSR count). The molecule has 0 amide bonds. The highest BCUT2D eigenvalue weighted by molar-refractivity contribution is 6.32. The average Bonchev–Trinajstić information content (AvgIpc) is 3.66. The molecule has 282 valence electrons. The lowest BCUT2D eigenvalue weighted by Gasteiger charge is -2.27. The number of unbranched alkanes of at least 4 members (excludes halogenated alkanes) is 5. The number of hydrogen-bond acceptors (Lipinski definition) is 3. The summed E-state index contributed by atoms with van der Waals surface area (Å²) in [5, 5.41) is 4.67. The van der Waals surface area contributed by atoms with E-state index in [0.717, 1.165) is 80.2 Å². The summed E-state index contributed by atoms with van der Waals surface area (Å²) in [6, 6.07) is 64.7. The van der Waals surface area contributed by atoms with Crippen LogP contribution in [0.15, 0.2) is 182 Å². The topological polar surface area (TPSA) is 24.3 Å². The molecule has 0 N–H and O–H groups in total. The second-order valence-corrected chi connectivity index (χ2v) is 15.1. The number of benzene rings is 8. The van der Waals surface area contributed by atoms with E-state index in [1.54, 1.807) is 0 Å². The molecule has 0 aliphatic rings. The molecule has 5 heteroatoms. The molecule has 9 aromatic rings. The van der Waals surface area contributed by atoms with Crippen LogP contribution in [0.1, 0.15) is 45.4 Å². The predicted molar refractivity (Wildman–Crippen MR) is 248 cm³/mol. The van der Waals surface area contributed by atoms with Gasteiger partial charge in [0.05, 0.1) is 11.0 Å². The highest BCUT2D eigenvalue weighted by Gasteiger charge is 2.22. The zero-order chi connectivity index (χ0) is 39.3. The van der Waals surface area contributed by atoms with E-state index in [1.165, 1.54) is 48.4 Å². The Balaban J connectivity index is 1.32. The number of nitrogens with zero attached hydrogens (tertiary/aromatic N) is 4. The molecule has 0 aliphatic carbocycles. The van der Waals surface area contributed by atoms with E-state index < -0.39 is 0 Å². The van der Waals surface area contributed by atoms with Crippen LogP contribution in [-0.2, 0) is 6.54 Å². The van der Waals surface area contributed by atoms with Gasteiger partial charge in [0.2, 0.25) is 0 Å². The molecule has 0 spiro atoms. The lowest BCUT2D eigenvalue weighted by Crippen LogP contribution is -2.10. The van der Waals surface area contributed by atoms with Gasteiger partial charge in [0, 0.05) is 57.0 Å². The van der Waals surface area contributed by atoms with Gasteiger partial charge >= 0.3 is 0 Å². The van der Waals surface area contributed by atoms with Gasteiger partial charge in [-0.3, -0.25) is 0 Å². The number of fused-ring (bicyclic) bond motifs is 6. The zero-order valence-corrected chi connectivity index (χ0v) is 33.1. The number of para-hydroxylation sites is 4. The molecule has 58 heavy (non-hydrogen) atoms. The van der Waals surface area contributed by atoms with Gasteiger partial charge in [-0.2, -0.15) is 0 Å². The first-order chi connectivity index (χ1) is 28.7. The van der Waals surface area contributed by atoms with Crippen molar-refractivity contribution in [2.45, 2.75) is 52.0 Å². The Hall–Kier alpha value is -6.59. The Labute approximate surface area is 343 Å². The highest BCUT2D eigenvalue weighted by atomic mass is 15.1. The van der Waals surface area contributed by atoms with Crippen LogP contribution in [0.4, 0.5) is 34.1 Å². The Morgan fingerprint density at radius 1 is 0.448 bits per heavy atom. The normalized spacial score (nSPS) is 11.4. The molecule has 2 radical (unpaired) electrons. The van der Waals surface area contributed by atoms with Crippen LogP contribution >= 0.6 is 0 Å². The number of aryl methyl sites for hydroxylation is 1. The van der Waals surface area contributed by atoms with Crippen molar-refractivity contribution in [3.63, 3.8) is 0 Å². The molecule has 0 bridgehead atoms. The molecule has 0 atom stereocenters. The van der Waals surface area contributed by atoms with Crippen molar-refractivity contribution in [1.82, 2.24) is 9.55 Å². The number of hydrogen-bond donors (Lipinski definition) is 0. The minimum atomic E-state index is 0.751. The lowest BCUT2D eigenvalue weighted by atomic mass is 9.95. The van der Waals surface area contributed by atoms with Crippen LogP contribution in [-0.4, -0.2) is 17.4 Å². The van der Waals surface area contributed by atoms with E-state index >= 15 is 0 Å². The molecule has 4 nitrogen and oxygen atoms in total. The maximum atomic E-state index is 6.21. The maximum Gasteiger partial charge on any atom is 0.141 e. The largest absolute Gasteiger partial charge is 0.323 e. The van der Waals surface area contributed by atoms with Gasteiger partial charge in [-0.15, -0.1) is 0 Å². The lowest BCUT2D eigenvalue weighted by molar-refractivity contribution is 0.566. The number of aromatic nitrogens is 2. The fourth-order valence-corrected chi connectivity index (χ4v) is 8.44. The number of imidazole rings is 1. The summed E-state index contributed by atoms with van der Waals surface area (Å²) in [5.41, 5.74) is 10.6. The van der Waals surface area contributed by atoms with Gasteiger partial charge in [0.25, 0.3) is 0 Å². The van der Waals surface area contributed by atoms with Crippen molar-refractivity contribution in [2.75, 3.05) is 9.80 Å². The quantitative estimate of drug-likeness (QED) is 0.0628. The van der Waals surface area contributed by atoms with Gasteiger partial charge in [-0.25, -0.2) is 4.98 Å². The maximum absolute atomic E-state index is 6.21. The first-order valence-electron chi connectivity index (χ1n) is 20.7. The van der Waals surface area contributed by atoms with E-state index in [-0.39, 0.29) is 0 Å². The van der Waals surface area contributed by atoms with Crippen molar-refractivity contribution >= 4 is 80.0 Å². The molecule has 0 fully saturated rings. The molecule has 0 saturated carbocycles. The SMILES string of the molecule is [B]c1ccc(-c2nc3c4ccc(N(c5ccccc5)c5ccccc5)cc4c4cc(N(c5ccccc5)c5ccccc5)ccc4c3n2CCCCCCCC)cc1. The van der Waals surface area contributed by atoms with Crippen LogP contribution in [0.2, 0.25) is 0 Å². The Morgan fingerprint density at radius 3 is 1.40 bits per heavy atom. The van der Waals surface area contributed by atoms with Crippen LogP contribution in [0.25, 0.3) is 44.0 Å². The van der Waals surface area contributed by atoms with Gasteiger partial charge in [0.1, 0.15) is 13.7 Å². The Morgan fingerprint density at radius 2 is 0.897 bits per heavy atom. The fourth-order valence-electron chi connectivity index (χ4n) is 8.44. The molecule has 0 aliphatic heterocycles. The molecule has 0 saturated heterocycles. The minimum absolute atomic E-state index is 0.751. The van der Waals surface area contributed by atoms with Crippen molar-refractivity contribution in [3.05, 3.63) is 182 Å². The van der Waals surface area contributed by atoms with E-state index in [2.05, 4.69) is 191 Å². The second-order valence-electron chi connectivity index (χ2n) is 15.1. The monoisotopic (exact) mass is 750 g/mol. The van der Waals surface area contributed by atoms with Gasteiger partial charge in [-0.05, 0) is 90.0 Å². The fraction of sp³-hybridized carbons (Fsp3) is 0.151. The molecule has 1 aromatic heterocycles. The summed E-state index contributed by atoms with van der Waals surface area (Å²) in [7, 11) is 6.21. The zero-order valence-electron chi connectivity index (χ0n) is 33.1. The third kappa shape index (κ3) is 7.36. The Bertz CT molecular complexity index is 2690. The molecule has 1 heterocycles. The standard InChI is InChI=1S/C53H47BN4/c1-2-3-4-5-6-19-36-56-52-48-35-33-46(58(43-24-15-9-16-25-43)44-26-17-10-18-27-44)38-50(48)49-37-45(57(41-20-11-7-12-21-41)42-22-13-8-14-23-42)32-34-47(49)51(52)55-53(56)39-28-30-40(54)31-29-39/h7-18,20-35,37-38H,2-6,19,36H2,1H3. The third-order valence-corrected chi connectivity index (χ3v) is 11.3. The van der Waals surface area contributed by atoms with E-state index in [9.17, 15) is 0 Å². The van der Waals surface area contributed by atoms with Gasteiger partial charge in [0.15, 0.2) is 0 Å². The minimum Gasteiger partial charge on any atom is -0.323 e. The van der Waals surface area contributed by atoms with Gasteiger partial charge < -0.3 is 14.4 Å².